The van der Waals surface area contributed by atoms with Crippen molar-refractivity contribution >= 4 is 32.6 Å². The first kappa shape index (κ1) is 39.9. The Morgan fingerprint density at radius 3 is 1.80 bits per heavy atom. The molecule has 12 rings (SSSR count). The number of benzene rings is 8. The fraction of sp³-hybridized carbons (Fsp3) is 0.180. The molecule has 2 fully saturated rings. The molecule has 2 saturated carbocycles. The summed E-state index contributed by atoms with van der Waals surface area (Å²) in [6.07, 6.45) is 6.77. The number of hydrogen-bond acceptors (Lipinski definition) is 4. The van der Waals surface area contributed by atoms with Crippen LogP contribution >= 0.6 is 0 Å². The van der Waals surface area contributed by atoms with Gasteiger partial charge >= 0.3 is 0 Å². The van der Waals surface area contributed by atoms with Gasteiger partial charge in [-0.2, -0.15) is 5.26 Å². The van der Waals surface area contributed by atoms with E-state index >= 15 is 0 Å². The molecule has 5 heteroatoms. The van der Waals surface area contributed by atoms with Crippen molar-refractivity contribution in [3.05, 3.63) is 193 Å². The molecule has 2 heterocycles. The molecule has 0 saturated heterocycles. The average Bonchev–Trinajstić information content (AvgIpc) is 3.70. The van der Waals surface area contributed by atoms with E-state index in [2.05, 4.69) is 176 Å². The molecule has 318 valence electrons. The third-order valence-electron chi connectivity index (χ3n) is 14.6. The second kappa shape index (κ2) is 16.1. The monoisotopic (exact) mass is 851 g/mol. The highest BCUT2D eigenvalue weighted by atomic mass is 15.0. The second-order valence-electron chi connectivity index (χ2n) is 19.3. The van der Waals surface area contributed by atoms with E-state index in [4.69, 9.17) is 15.0 Å². The zero-order chi connectivity index (χ0) is 44.4. The summed E-state index contributed by atoms with van der Waals surface area (Å²) in [6.45, 7) is 4.94. The van der Waals surface area contributed by atoms with Gasteiger partial charge in [-0.25, -0.2) is 15.0 Å². The van der Waals surface area contributed by atoms with Crippen LogP contribution in [0.25, 0.3) is 94.7 Å². The average molecular weight is 852 g/mol. The molecule has 2 aromatic heterocycles. The number of aromatic nitrogens is 4. The largest absolute Gasteiger partial charge is 0.309 e. The van der Waals surface area contributed by atoms with Crippen molar-refractivity contribution in [3.63, 3.8) is 0 Å². The standard InChI is InChI=1S/C61H49N5/c1-39-31-42-32-40(2)36-61(35-39,37-42)51-27-23-44(24-28-51)45-25-29-52(30-26-45)66-55-13-7-6-11-53(55)57-54(12-8-14-56(57)66)60-64-58(47-17-15-41(38-62)16-18-47)63-59(65-60)49-22-20-46-19-21-48(33-50(46)34-49)43-9-4-3-5-10-43/h3-30,33-34,39-40,42H,31-32,35-37H2,1-2H3/t39-,40+,42-,61?. The lowest BCUT2D eigenvalue weighted by atomic mass is 9.54. The molecule has 8 aromatic carbocycles. The maximum Gasteiger partial charge on any atom is 0.164 e. The molecule has 2 bridgehead atoms. The van der Waals surface area contributed by atoms with Gasteiger partial charge in [0.2, 0.25) is 0 Å². The lowest BCUT2D eigenvalue weighted by molar-refractivity contribution is 0.0780. The molecule has 4 atom stereocenters. The summed E-state index contributed by atoms with van der Waals surface area (Å²) < 4.78 is 2.36. The molecule has 0 amide bonds. The molecule has 0 spiro atoms. The van der Waals surface area contributed by atoms with E-state index in [-0.39, 0.29) is 0 Å². The summed E-state index contributed by atoms with van der Waals surface area (Å²) in [5.74, 6) is 4.18. The molecule has 66 heavy (non-hydrogen) atoms. The summed E-state index contributed by atoms with van der Waals surface area (Å²) in [6, 6.07) is 66.8. The minimum atomic E-state index is 0.329. The lowest BCUT2D eigenvalue weighted by Crippen LogP contribution is -2.42. The Kier molecular flexibility index (Phi) is 9.72. The maximum atomic E-state index is 9.60. The predicted molar refractivity (Wildman–Crippen MR) is 270 cm³/mol. The number of para-hydroxylation sites is 1. The molecule has 0 aliphatic heterocycles. The summed E-state index contributed by atoms with van der Waals surface area (Å²) in [5, 5.41) is 14.0. The van der Waals surface area contributed by atoms with Crippen LogP contribution in [0.2, 0.25) is 0 Å². The Labute approximate surface area is 386 Å². The summed E-state index contributed by atoms with van der Waals surface area (Å²) in [4.78, 5) is 15.6. The van der Waals surface area contributed by atoms with Gasteiger partial charge in [0.15, 0.2) is 17.5 Å². The fourth-order valence-electron chi connectivity index (χ4n) is 12.0. The van der Waals surface area contributed by atoms with Crippen LogP contribution in [0.5, 0.6) is 0 Å². The van der Waals surface area contributed by atoms with Crippen molar-refractivity contribution in [3.8, 4) is 68.2 Å². The Bertz CT molecular complexity index is 3470. The Balaban J connectivity index is 0.947. The first-order valence-electron chi connectivity index (χ1n) is 23.5. The fourth-order valence-corrected chi connectivity index (χ4v) is 12.0. The zero-order valence-corrected chi connectivity index (χ0v) is 37.3. The molecule has 1 unspecified atom stereocenters. The molecule has 2 aliphatic rings. The van der Waals surface area contributed by atoms with Gasteiger partial charge in [-0.1, -0.05) is 135 Å². The van der Waals surface area contributed by atoms with Crippen LogP contribution < -0.4 is 0 Å². The normalized spacial score (nSPS) is 19.3. The highest BCUT2D eigenvalue weighted by Crippen LogP contribution is 2.54. The van der Waals surface area contributed by atoms with E-state index in [9.17, 15) is 5.26 Å². The third-order valence-corrected chi connectivity index (χ3v) is 14.6. The van der Waals surface area contributed by atoms with Crippen molar-refractivity contribution in [2.45, 2.75) is 51.4 Å². The molecule has 2 aliphatic carbocycles. The van der Waals surface area contributed by atoms with E-state index < -0.39 is 0 Å². The maximum absolute atomic E-state index is 9.60. The summed E-state index contributed by atoms with van der Waals surface area (Å²) in [5.41, 5.74) is 13.2. The highest BCUT2D eigenvalue weighted by molar-refractivity contribution is 6.15. The van der Waals surface area contributed by atoms with Gasteiger partial charge in [0.05, 0.1) is 22.7 Å². The third kappa shape index (κ3) is 7.05. The van der Waals surface area contributed by atoms with Crippen LogP contribution in [-0.2, 0) is 5.41 Å². The van der Waals surface area contributed by atoms with Gasteiger partial charge in [-0.3, -0.25) is 0 Å². The van der Waals surface area contributed by atoms with Crippen molar-refractivity contribution in [1.82, 2.24) is 19.5 Å². The number of fused-ring (bicyclic) bond motifs is 6. The van der Waals surface area contributed by atoms with E-state index in [0.29, 0.717) is 28.5 Å². The Morgan fingerprint density at radius 1 is 0.500 bits per heavy atom. The summed E-state index contributed by atoms with van der Waals surface area (Å²) >= 11 is 0. The minimum absolute atomic E-state index is 0.329. The van der Waals surface area contributed by atoms with Crippen LogP contribution in [-0.4, -0.2) is 19.5 Å². The quantitative estimate of drug-likeness (QED) is 0.160. The number of nitrogens with zero attached hydrogens (tertiary/aromatic N) is 5. The second-order valence-corrected chi connectivity index (χ2v) is 19.3. The van der Waals surface area contributed by atoms with Crippen molar-refractivity contribution in [1.29, 1.82) is 5.26 Å². The zero-order valence-electron chi connectivity index (χ0n) is 37.3. The van der Waals surface area contributed by atoms with Gasteiger partial charge in [0.1, 0.15) is 0 Å². The van der Waals surface area contributed by atoms with Gasteiger partial charge in [-0.15, -0.1) is 0 Å². The summed E-state index contributed by atoms with van der Waals surface area (Å²) in [7, 11) is 0. The van der Waals surface area contributed by atoms with Crippen LogP contribution in [0.15, 0.2) is 182 Å². The van der Waals surface area contributed by atoms with Crippen molar-refractivity contribution in [2.75, 3.05) is 0 Å². The molecule has 0 N–H and O–H groups in total. The first-order valence-corrected chi connectivity index (χ1v) is 23.5. The number of rotatable bonds is 7. The molecule has 10 aromatic rings. The number of nitriles is 1. The minimum Gasteiger partial charge on any atom is -0.309 e. The Morgan fingerprint density at radius 2 is 1.08 bits per heavy atom. The van der Waals surface area contributed by atoms with Gasteiger partial charge in [0.25, 0.3) is 0 Å². The predicted octanol–water partition coefficient (Wildman–Crippen LogP) is 15.4. The smallest absolute Gasteiger partial charge is 0.164 e. The van der Waals surface area contributed by atoms with E-state index in [0.717, 1.165) is 78.3 Å². The first-order chi connectivity index (χ1) is 32.4. The van der Waals surface area contributed by atoms with Crippen LogP contribution in [0.3, 0.4) is 0 Å². The Hall–Kier alpha value is -7.68. The number of hydrogen-bond donors (Lipinski definition) is 0. The van der Waals surface area contributed by atoms with Gasteiger partial charge in [-0.05, 0) is 155 Å². The van der Waals surface area contributed by atoms with Crippen molar-refractivity contribution in [2.24, 2.45) is 17.8 Å². The van der Waals surface area contributed by atoms with E-state index in [1.165, 1.54) is 54.4 Å². The molecule has 5 nitrogen and oxygen atoms in total. The van der Waals surface area contributed by atoms with Gasteiger partial charge in [0, 0.05) is 33.2 Å². The van der Waals surface area contributed by atoms with Crippen molar-refractivity contribution < 1.29 is 0 Å². The molecular weight excluding hydrogens is 803 g/mol. The van der Waals surface area contributed by atoms with Crippen LogP contribution in [0.4, 0.5) is 0 Å². The SMILES string of the molecule is C[C@@H]1C[C@@H]2C[C@H](C)CC(c3ccc(-c4ccc(-n5c6ccccc6c6c(-c7nc(-c8ccc(C#N)cc8)nc(-c8ccc9ccc(-c%10ccccc%10)cc9c8)n7)cccc65)cc4)cc3)(C1)C2. The van der Waals surface area contributed by atoms with Crippen LogP contribution in [0.1, 0.15) is 57.1 Å². The molecular formula is C61H49N5. The van der Waals surface area contributed by atoms with Crippen LogP contribution in [0, 0.1) is 29.1 Å². The molecule has 0 radical (unpaired) electrons. The lowest BCUT2D eigenvalue weighted by Gasteiger charge is -2.50. The highest BCUT2D eigenvalue weighted by Gasteiger charge is 2.45. The van der Waals surface area contributed by atoms with E-state index in [1.54, 1.807) is 0 Å². The topological polar surface area (TPSA) is 67.4 Å². The van der Waals surface area contributed by atoms with E-state index in [1.807, 2.05) is 30.3 Å². The van der Waals surface area contributed by atoms with Gasteiger partial charge < -0.3 is 4.57 Å².